The third-order valence-corrected chi connectivity index (χ3v) is 17.4. The zero-order chi connectivity index (χ0) is 64.1. The van der Waals surface area contributed by atoms with Gasteiger partial charge in [0, 0.05) is 12.8 Å². The summed E-state index contributed by atoms with van der Waals surface area (Å²) in [5, 5.41) is 0. The number of likely N-dealkylation sites (N-methyl/N-ethyl adjacent to an activating group) is 1. The molecule has 0 aromatic rings. The maximum Gasteiger partial charge on any atom is 0.472 e. The van der Waals surface area contributed by atoms with E-state index in [2.05, 4.69) is 98.9 Å². The molecule has 2 unspecified atom stereocenters. The van der Waals surface area contributed by atoms with Gasteiger partial charge in [-0.15, -0.1) is 0 Å². The first-order valence-corrected chi connectivity index (χ1v) is 38.8. The van der Waals surface area contributed by atoms with Crippen LogP contribution >= 0.6 is 7.82 Å². The molecule has 0 saturated carbocycles. The number of carbonyl (C=O) groups excluding carboxylic acids is 2. The number of allylic oxidation sites excluding steroid dienone is 14. The van der Waals surface area contributed by atoms with Crippen LogP contribution in [-0.4, -0.2) is 74.9 Å². The normalized spacial score (nSPS) is 13.6. The fourth-order valence-corrected chi connectivity index (χ4v) is 11.5. The van der Waals surface area contributed by atoms with Crippen molar-refractivity contribution in [2.75, 3.05) is 47.5 Å². The molecule has 0 rings (SSSR count). The number of ether oxygens (including phenoxy) is 2. The average molecular weight is 1250 g/mol. The van der Waals surface area contributed by atoms with Gasteiger partial charge in [0.2, 0.25) is 0 Å². The van der Waals surface area contributed by atoms with E-state index < -0.39 is 26.5 Å². The lowest BCUT2D eigenvalue weighted by molar-refractivity contribution is -0.870. The van der Waals surface area contributed by atoms with Crippen LogP contribution in [0.3, 0.4) is 0 Å². The van der Waals surface area contributed by atoms with Crippen LogP contribution in [-0.2, 0) is 32.7 Å². The van der Waals surface area contributed by atoms with E-state index in [0.29, 0.717) is 17.4 Å². The van der Waals surface area contributed by atoms with Crippen LogP contribution in [0.15, 0.2) is 85.1 Å². The van der Waals surface area contributed by atoms with Gasteiger partial charge >= 0.3 is 19.8 Å². The lowest BCUT2D eigenvalue weighted by Gasteiger charge is -2.24. The van der Waals surface area contributed by atoms with Crippen molar-refractivity contribution in [3.8, 4) is 0 Å². The number of esters is 2. The standard InChI is InChI=1S/C78H142NO8P/c1-6-8-10-12-14-16-18-20-22-24-26-28-30-31-32-33-34-35-36-37-38-39-40-41-42-43-44-45-46-47-49-50-52-54-56-58-60-62-64-66-68-70-77(80)84-74-76(75-86-88(82,83)85-73-72-79(3,4)5)87-78(81)71-69-67-65-63-61-59-57-55-53-51-48-29-27-25-23-21-19-17-15-13-11-9-7-2/h9,11,15,17-18,20-21,23-24,26-27,29,51,53,76H,6-8,10,12-14,16,19,22,25,28,30-50,52,54-75H2,1-5H3/p+1/b11-9-,17-15-,20-18-,23-21-,26-24-,29-27-,53-51-. The fourth-order valence-electron chi connectivity index (χ4n) is 10.7. The molecule has 0 fully saturated rings. The Bertz CT molecular complexity index is 1760. The Kier molecular flexibility index (Phi) is 66.4. The second kappa shape index (κ2) is 68.6. The van der Waals surface area contributed by atoms with Gasteiger partial charge < -0.3 is 18.9 Å². The zero-order valence-corrected chi connectivity index (χ0v) is 59.4. The first kappa shape index (κ1) is 85.2. The molecule has 0 aromatic heterocycles. The molecule has 0 aliphatic carbocycles. The highest BCUT2D eigenvalue weighted by Crippen LogP contribution is 2.43. The van der Waals surface area contributed by atoms with Crippen LogP contribution < -0.4 is 0 Å². The second-order valence-electron chi connectivity index (χ2n) is 26.3. The smallest absolute Gasteiger partial charge is 0.462 e. The van der Waals surface area contributed by atoms with Crippen LogP contribution in [0.5, 0.6) is 0 Å². The molecular formula is C78H143NO8P+. The van der Waals surface area contributed by atoms with Crippen molar-refractivity contribution in [1.82, 2.24) is 0 Å². The quantitative estimate of drug-likeness (QED) is 0.0211. The number of rotatable bonds is 69. The Morgan fingerprint density at radius 1 is 0.364 bits per heavy atom. The molecule has 0 aliphatic heterocycles. The molecule has 512 valence electrons. The SMILES string of the molecule is CC/C=C\C/C=C\C/C=C\C/C=C\C/C=C\CCCCCCCCCC(=O)OC(COC(=O)CCCCCCCCCCCCCCCCCCCCCCCCCCCCCCC/C=C\C/C=C\CCCCCCC)COP(=O)(O)OCC[N+](C)(C)C. The molecular weight excluding hydrogens is 1110 g/mol. The van der Waals surface area contributed by atoms with Crippen LogP contribution in [0.1, 0.15) is 348 Å². The van der Waals surface area contributed by atoms with Crippen molar-refractivity contribution in [1.29, 1.82) is 0 Å². The minimum Gasteiger partial charge on any atom is -0.462 e. The number of hydrogen-bond acceptors (Lipinski definition) is 7. The molecule has 10 heteroatoms. The number of phosphoric ester groups is 1. The number of phosphoric acid groups is 1. The van der Waals surface area contributed by atoms with E-state index in [-0.39, 0.29) is 32.0 Å². The first-order chi connectivity index (χ1) is 43.0. The van der Waals surface area contributed by atoms with Crippen molar-refractivity contribution in [2.24, 2.45) is 0 Å². The fraction of sp³-hybridized carbons (Fsp3) is 0.795. The van der Waals surface area contributed by atoms with Crippen molar-refractivity contribution in [3.05, 3.63) is 85.1 Å². The Morgan fingerprint density at radius 2 is 0.648 bits per heavy atom. The third-order valence-electron chi connectivity index (χ3n) is 16.4. The molecule has 0 spiro atoms. The van der Waals surface area contributed by atoms with Crippen molar-refractivity contribution in [2.45, 2.75) is 354 Å². The molecule has 88 heavy (non-hydrogen) atoms. The summed E-state index contributed by atoms with van der Waals surface area (Å²) in [6, 6.07) is 0. The molecule has 0 bridgehead atoms. The molecule has 0 aromatic carbocycles. The van der Waals surface area contributed by atoms with E-state index in [9.17, 15) is 19.0 Å². The molecule has 0 saturated heterocycles. The van der Waals surface area contributed by atoms with Gasteiger partial charge in [-0.3, -0.25) is 18.6 Å². The average Bonchev–Trinajstić information content (AvgIpc) is 3.68. The molecule has 0 amide bonds. The number of hydrogen-bond donors (Lipinski definition) is 1. The maximum absolute atomic E-state index is 12.9. The first-order valence-electron chi connectivity index (χ1n) is 37.3. The van der Waals surface area contributed by atoms with Gasteiger partial charge in [0.25, 0.3) is 0 Å². The molecule has 1 N–H and O–H groups in total. The van der Waals surface area contributed by atoms with Gasteiger partial charge in [-0.2, -0.15) is 0 Å². The summed E-state index contributed by atoms with van der Waals surface area (Å²) in [5.74, 6) is -0.799. The predicted octanol–water partition coefficient (Wildman–Crippen LogP) is 24.5. The zero-order valence-electron chi connectivity index (χ0n) is 58.5. The molecule has 0 heterocycles. The minimum absolute atomic E-state index is 0.0275. The van der Waals surface area contributed by atoms with Gasteiger partial charge in [-0.25, -0.2) is 4.57 Å². The highest BCUT2D eigenvalue weighted by atomic mass is 31.2. The number of quaternary nitrogens is 1. The maximum atomic E-state index is 12.9. The topological polar surface area (TPSA) is 108 Å². The van der Waals surface area contributed by atoms with E-state index in [0.717, 1.165) is 83.5 Å². The Balaban J connectivity index is 3.91. The van der Waals surface area contributed by atoms with Crippen LogP contribution in [0.2, 0.25) is 0 Å². The van der Waals surface area contributed by atoms with E-state index in [1.165, 1.54) is 231 Å². The monoisotopic (exact) mass is 1250 g/mol. The summed E-state index contributed by atoms with van der Waals surface area (Å²) in [5.41, 5.74) is 0. The second-order valence-corrected chi connectivity index (χ2v) is 27.8. The summed E-state index contributed by atoms with van der Waals surface area (Å²) in [6.07, 6.45) is 94.4. The molecule has 9 nitrogen and oxygen atoms in total. The summed E-state index contributed by atoms with van der Waals surface area (Å²) in [6.45, 7) is 4.33. The molecule has 0 aliphatic rings. The number of unbranched alkanes of at least 4 members (excludes halogenated alkanes) is 41. The Hall–Kier alpha value is -2.81. The van der Waals surface area contributed by atoms with Gasteiger partial charge in [0.15, 0.2) is 6.10 Å². The highest BCUT2D eigenvalue weighted by molar-refractivity contribution is 7.47. The van der Waals surface area contributed by atoms with Gasteiger partial charge in [-0.05, 0) is 89.9 Å². The Morgan fingerprint density at radius 3 is 0.966 bits per heavy atom. The van der Waals surface area contributed by atoms with Gasteiger partial charge in [-0.1, -0.05) is 330 Å². The highest BCUT2D eigenvalue weighted by Gasteiger charge is 2.27. The summed E-state index contributed by atoms with van der Waals surface area (Å²) in [4.78, 5) is 35.9. The number of carbonyl (C=O) groups is 2. The van der Waals surface area contributed by atoms with E-state index in [1.54, 1.807) is 0 Å². The summed E-state index contributed by atoms with van der Waals surface area (Å²) >= 11 is 0. The van der Waals surface area contributed by atoms with Crippen LogP contribution in [0.4, 0.5) is 0 Å². The lowest BCUT2D eigenvalue weighted by Crippen LogP contribution is -2.37. The molecule has 0 radical (unpaired) electrons. The third kappa shape index (κ3) is 72.3. The van der Waals surface area contributed by atoms with Crippen molar-refractivity contribution < 1.29 is 42.1 Å². The van der Waals surface area contributed by atoms with E-state index in [4.69, 9.17) is 18.5 Å². The predicted molar refractivity (Wildman–Crippen MR) is 381 cm³/mol. The van der Waals surface area contributed by atoms with Crippen LogP contribution in [0, 0.1) is 0 Å². The van der Waals surface area contributed by atoms with E-state index in [1.807, 2.05) is 21.1 Å². The van der Waals surface area contributed by atoms with E-state index >= 15 is 0 Å². The Labute approximate surface area is 545 Å². The van der Waals surface area contributed by atoms with Gasteiger partial charge in [0.1, 0.15) is 19.8 Å². The molecule has 2 atom stereocenters. The van der Waals surface area contributed by atoms with Crippen LogP contribution in [0.25, 0.3) is 0 Å². The number of nitrogens with zero attached hydrogens (tertiary/aromatic N) is 1. The summed E-state index contributed by atoms with van der Waals surface area (Å²) in [7, 11) is 1.47. The van der Waals surface area contributed by atoms with Crippen molar-refractivity contribution in [3.63, 3.8) is 0 Å². The largest absolute Gasteiger partial charge is 0.472 e. The van der Waals surface area contributed by atoms with Crippen molar-refractivity contribution >= 4 is 19.8 Å². The summed E-state index contributed by atoms with van der Waals surface area (Å²) < 4.78 is 34.7. The lowest BCUT2D eigenvalue weighted by atomic mass is 10.0. The van der Waals surface area contributed by atoms with Gasteiger partial charge in [0.05, 0.1) is 27.7 Å². The minimum atomic E-state index is -4.40.